The number of aromatic nitrogens is 2. The summed E-state index contributed by atoms with van der Waals surface area (Å²) in [5.74, 6) is 3.30. The van der Waals surface area contributed by atoms with Gasteiger partial charge in [0.2, 0.25) is 0 Å². The lowest BCUT2D eigenvalue weighted by molar-refractivity contribution is 0.187. The van der Waals surface area contributed by atoms with Gasteiger partial charge in [-0.1, -0.05) is 54.6 Å². The van der Waals surface area contributed by atoms with E-state index in [0.717, 1.165) is 29.2 Å². The molecule has 4 aromatic rings. The third-order valence-electron chi connectivity index (χ3n) is 8.90. The quantitative estimate of drug-likeness (QED) is 0.371. The summed E-state index contributed by atoms with van der Waals surface area (Å²) in [4.78, 5) is 0. The van der Waals surface area contributed by atoms with Crippen molar-refractivity contribution in [3.8, 4) is 11.1 Å². The van der Waals surface area contributed by atoms with E-state index in [-0.39, 0.29) is 5.41 Å². The number of hydrogen-bond donors (Lipinski definition) is 0. The lowest BCUT2D eigenvalue weighted by Gasteiger charge is -2.43. The van der Waals surface area contributed by atoms with Crippen LogP contribution in [0.5, 0.6) is 0 Å². The fourth-order valence-electron chi connectivity index (χ4n) is 8.21. The van der Waals surface area contributed by atoms with Crippen molar-refractivity contribution in [2.75, 3.05) is 0 Å². The minimum atomic E-state index is 0.0836. The van der Waals surface area contributed by atoms with Gasteiger partial charge < -0.3 is 0 Å². The van der Waals surface area contributed by atoms with E-state index >= 15 is 0 Å². The van der Waals surface area contributed by atoms with Crippen LogP contribution in [-0.2, 0) is 5.41 Å². The maximum atomic E-state index is 5.03. The SMILES string of the molecule is c1ccc2c3c(ccc2c1)-c1c(nnc2ccccc12)C31C2CC3CC(C2)C1C3. The Kier molecular flexibility index (Phi) is 2.54. The molecule has 0 aliphatic heterocycles. The van der Waals surface area contributed by atoms with Crippen LogP contribution in [0.3, 0.4) is 0 Å². The van der Waals surface area contributed by atoms with Crippen LogP contribution in [0.25, 0.3) is 32.8 Å². The second-order valence-electron chi connectivity index (χ2n) is 9.89. The van der Waals surface area contributed by atoms with Gasteiger partial charge in [0.05, 0.1) is 11.2 Å². The largest absolute Gasteiger partial charge is 0.153 e. The van der Waals surface area contributed by atoms with E-state index < -0.39 is 0 Å². The Morgan fingerprint density at radius 3 is 2.55 bits per heavy atom. The topological polar surface area (TPSA) is 25.8 Å². The number of rotatable bonds is 0. The molecule has 0 amide bonds. The molecule has 5 unspecified atom stereocenters. The van der Waals surface area contributed by atoms with Gasteiger partial charge in [-0.2, -0.15) is 10.2 Å². The van der Waals surface area contributed by atoms with Gasteiger partial charge in [0.15, 0.2) is 0 Å². The van der Waals surface area contributed by atoms with Crippen LogP contribution in [0, 0.1) is 23.7 Å². The monoisotopic (exact) mass is 374 g/mol. The molecule has 5 atom stereocenters. The van der Waals surface area contributed by atoms with E-state index in [1.165, 1.54) is 58.7 Å². The normalized spacial score (nSPS) is 33.1. The van der Waals surface area contributed by atoms with Crippen LogP contribution in [0.1, 0.15) is 36.9 Å². The van der Waals surface area contributed by atoms with Crippen molar-refractivity contribution in [2.45, 2.75) is 31.1 Å². The molecule has 1 aromatic heterocycles. The van der Waals surface area contributed by atoms with Crippen molar-refractivity contribution in [3.05, 3.63) is 71.9 Å². The Hall–Kier alpha value is -2.74. The Bertz CT molecular complexity index is 1350. The van der Waals surface area contributed by atoms with Crippen LogP contribution in [0.4, 0.5) is 0 Å². The zero-order valence-corrected chi connectivity index (χ0v) is 16.3. The highest BCUT2D eigenvalue weighted by Crippen LogP contribution is 2.73. The molecule has 9 rings (SSSR count). The van der Waals surface area contributed by atoms with Crippen molar-refractivity contribution in [2.24, 2.45) is 23.7 Å². The van der Waals surface area contributed by atoms with Crippen molar-refractivity contribution < 1.29 is 0 Å². The molecule has 0 N–H and O–H groups in total. The fraction of sp³-hybridized carbons (Fsp3) is 0.333. The van der Waals surface area contributed by atoms with E-state index in [0.29, 0.717) is 0 Å². The molecule has 2 nitrogen and oxygen atoms in total. The van der Waals surface area contributed by atoms with Crippen LogP contribution in [0.2, 0.25) is 0 Å². The van der Waals surface area contributed by atoms with Crippen LogP contribution in [-0.4, -0.2) is 10.2 Å². The summed E-state index contributed by atoms with van der Waals surface area (Å²) in [5.41, 5.74) is 6.82. The first-order chi connectivity index (χ1) is 14.4. The average molecular weight is 374 g/mol. The van der Waals surface area contributed by atoms with Gasteiger partial charge >= 0.3 is 0 Å². The van der Waals surface area contributed by atoms with Crippen LogP contribution >= 0.6 is 0 Å². The molecule has 1 spiro atoms. The minimum absolute atomic E-state index is 0.0836. The van der Waals surface area contributed by atoms with Gasteiger partial charge in [0, 0.05) is 16.4 Å². The minimum Gasteiger partial charge on any atom is -0.153 e. The van der Waals surface area contributed by atoms with Gasteiger partial charge in [-0.3, -0.25) is 0 Å². The predicted octanol–water partition coefficient (Wildman–Crippen LogP) is 6.12. The zero-order chi connectivity index (χ0) is 18.7. The fourth-order valence-corrected chi connectivity index (χ4v) is 8.21. The highest BCUT2D eigenvalue weighted by molar-refractivity contribution is 6.05. The Morgan fingerprint density at radius 1 is 0.759 bits per heavy atom. The molecule has 2 heteroatoms. The van der Waals surface area contributed by atoms with E-state index in [9.17, 15) is 0 Å². The summed E-state index contributed by atoms with van der Waals surface area (Å²) < 4.78 is 0. The molecule has 5 aliphatic rings. The molecular weight excluding hydrogens is 352 g/mol. The molecule has 0 radical (unpaired) electrons. The number of nitrogens with zero attached hydrogens (tertiary/aromatic N) is 2. The van der Waals surface area contributed by atoms with E-state index in [2.05, 4.69) is 60.7 Å². The molecule has 3 aromatic carbocycles. The summed E-state index contributed by atoms with van der Waals surface area (Å²) >= 11 is 0. The first-order valence-electron chi connectivity index (χ1n) is 11.1. The van der Waals surface area contributed by atoms with Crippen LogP contribution < -0.4 is 0 Å². The van der Waals surface area contributed by atoms with Gasteiger partial charge in [-0.15, -0.1) is 0 Å². The highest BCUT2D eigenvalue weighted by atomic mass is 15.1. The molecule has 29 heavy (non-hydrogen) atoms. The molecule has 140 valence electrons. The lowest BCUT2D eigenvalue weighted by Crippen LogP contribution is -2.41. The van der Waals surface area contributed by atoms with Gasteiger partial charge in [-0.05, 0) is 77.3 Å². The first-order valence-corrected chi connectivity index (χ1v) is 11.1. The molecule has 0 saturated heterocycles. The summed E-state index contributed by atoms with van der Waals surface area (Å²) in [6, 6.07) is 22.3. The third kappa shape index (κ3) is 1.57. The Labute approximate surface area is 170 Å². The summed E-state index contributed by atoms with van der Waals surface area (Å²) in [5, 5.41) is 13.9. The second kappa shape index (κ2) is 4.87. The van der Waals surface area contributed by atoms with Crippen molar-refractivity contribution in [1.82, 2.24) is 10.2 Å². The third-order valence-corrected chi connectivity index (χ3v) is 8.90. The highest BCUT2D eigenvalue weighted by Gasteiger charge is 2.67. The number of benzene rings is 3. The van der Waals surface area contributed by atoms with Crippen molar-refractivity contribution >= 4 is 21.7 Å². The van der Waals surface area contributed by atoms with Gasteiger partial charge in [-0.25, -0.2) is 0 Å². The standard InChI is InChI=1S/C27H22N2/c1-2-6-19-16(5-1)9-10-21-24-20-7-3-4-8-23(20)28-29-26(24)27(25(19)21)18-12-15-11-17(14-18)22(27)13-15/h1-10,15,17-18,22H,11-14H2. The Balaban J connectivity index is 1.60. The smallest absolute Gasteiger partial charge is 0.0936 e. The average Bonchev–Trinajstić information content (AvgIpc) is 3.32. The molecule has 1 heterocycles. The van der Waals surface area contributed by atoms with E-state index in [4.69, 9.17) is 10.2 Å². The van der Waals surface area contributed by atoms with Gasteiger partial charge in [0.25, 0.3) is 0 Å². The number of hydrogen-bond acceptors (Lipinski definition) is 2. The van der Waals surface area contributed by atoms with Gasteiger partial charge in [0.1, 0.15) is 0 Å². The summed E-state index contributed by atoms with van der Waals surface area (Å²) in [7, 11) is 0. The maximum absolute atomic E-state index is 5.03. The molecule has 4 fully saturated rings. The van der Waals surface area contributed by atoms with E-state index in [1.54, 1.807) is 5.56 Å². The molecule has 5 aliphatic carbocycles. The first kappa shape index (κ1) is 15.1. The number of fused-ring (bicyclic) bond motifs is 7. The van der Waals surface area contributed by atoms with E-state index in [1.807, 2.05) is 0 Å². The molecular formula is C27H22N2. The zero-order valence-electron chi connectivity index (χ0n) is 16.3. The van der Waals surface area contributed by atoms with Crippen molar-refractivity contribution in [1.29, 1.82) is 0 Å². The predicted molar refractivity (Wildman–Crippen MR) is 116 cm³/mol. The Morgan fingerprint density at radius 2 is 1.62 bits per heavy atom. The maximum Gasteiger partial charge on any atom is 0.0936 e. The van der Waals surface area contributed by atoms with Crippen molar-refractivity contribution in [3.63, 3.8) is 0 Å². The molecule has 4 saturated carbocycles. The molecule has 4 bridgehead atoms. The summed E-state index contributed by atoms with van der Waals surface area (Å²) in [6.45, 7) is 0. The lowest BCUT2D eigenvalue weighted by atomic mass is 9.60. The summed E-state index contributed by atoms with van der Waals surface area (Å²) in [6.07, 6.45) is 5.60. The second-order valence-corrected chi connectivity index (χ2v) is 9.89. The van der Waals surface area contributed by atoms with Crippen LogP contribution in [0.15, 0.2) is 60.7 Å².